The van der Waals surface area contributed by atoms with E-state index >= 15 is 0 Å². The van der Waals surface area contributed by atoms with Gasteiger partial charge in [0.25, 0.3) is 0 Å². The van der Waals surface area contributed by atoms with E-state index in [-0.39, 0.29) is 6.10 Å². The number of rotatable bonds is 5. The summed E-state index contributed by atoms with van der Waals surface area (Å²) < 4.78 is 12.4. The normalized spacial score (nSPS) is 16.8. The summed E-state index contributed by atoms with van der Waals surface area (Å²) in [6.45, 7) is 6.79. The average molecular weight is 328 g/mol. The Morgan fingerprint density at radius 2 is 2.11 bits per heavy atom. The number of nitrogens with one attached hydrogen (secondary N) is 1. The third-order valence-electron chi connectivity index (χ3n) is 3.17. The van der Waals surface area contributed by atoms with Crippen LogP contribution >= 0.6 is 15.9 Å². The van der Waals surface area contributed by atoms with E-state index in [0.717, 1.165) is 42.8 Å². The first-order valence-electron chi connectivity index (χ1n) is 6.91. The molecule has 0 unspecified atom stereocenters. The van der Waals surface area contributed by atoms with Crippen LogP contribution in [0.5, 0.6) is 5.75 Å². The fourth-order valence-electron chi connectivity index (χ4n) is 2.05. The summed E-state index contributed by atoms with van der Waals surface area (Å²) in [6.07, 6.45) is 2.23. The largest absolute Gasteiger partial charge is 0.489 e. The van der Waals surface area contributed by atoms with Gasteiger partial charge in [-0.25, -0.2) is 0 Å². The molecule has 1 N–H and O–H groups in total. The number of benzene rings is 1. The topological polar surface area (TPSA) is 30.5 Å². The minimum absolute atomic E-state index is 0.282. The number of halogens is 1. The molecule has 0 radical (unpaired) electrons. The summed E-state index contributed by atoms with van der Waals surface area (Å²) in [5.41, 5.74) is 1.26. The van der Waals surface area contributed by atoms with Gasteiger partial charge in [-0.15, -0.1) is 0 Å². The zero-order valence-electron chi connectivity index (χ0n) is 11.6. The van der Waals surface area contributed by atoms with Gasteiger partial charge in [-0.3, -0.25) is 0 Å². The van der Waals surface area contributed by atoms with Crippen LogP contribution in [0.4, 0.5) is 0 Å². The van der Waals surface area contributed by atoms with Crippen molar-refractivity contribution in [1.29, 1.82) is 0 Å². The van der Waals surface area contributed by atoms with Gasteiger partial charge in [0.05, 0.1) is 17.7 Å². The molecule has 1 heterocycles. The molecule has 0 saturated carbocycles. The van der Waals surface area contributed by atoms with Crippen LogP contribution in [0.15, 0.2) is 22.7 Å². The maximum atomic E-state index is 6.02. The molecule has 0 spiro atoms. The monoisotopic (exact) mass is 327 g/mol. The molecule has 1 saturated heterocycles. The van der Waals surface area contributed by atoms with Crippen LogP contribution < -0.4 is 10.1 Å². The number of ether oxygens (including phenoxy) is 2. The predicted molar refractivity (Wildman–Crippen MR) is 80.6 cm³/mol. The van der Waals surface area contributed by atoms with Crippen molar-refractivity contribution >= 4 is 15.9 Å². The van der Waals surface area contributed by atoms with Crippen LogP contribution in [0.1, 0.15) is 32.3 Å². The van der Waals surface area contributed by atoms with Crippen molar-refractivity contribution in [2.24, 2.45) is 0 Å². The van der Waals surface area contributed by atoms with Crippen molar-refractivity contribution in [3.8, 4) is 5.75 Å². The van der Waals surface area contributed by atoms with Crippen molar-refractivity contribution in [1.82, 2.24) is 5.32 Å². The lowest BCUT2D eigenvalue weighted by molar-refractivity contribution is 0.0252. The zero-order chi connectivity index (χ0) is 13.7. The van der Waals surface area contributed by atoms with Crippen LogP contribution in [-0.2, 0) is 11.3 Å². The van der Waals surface area contributed by atoms with Crippen molar-refractivity contribution in [3.05, 3.63) is 28.2 Å². The van der Waals surface area contributed by atoms with E-state index in [0.29, 0.717) is 6.04 Å². The molecule has 0 bridgehead atoms. The molecule has 3 nitrogen and oxygen atoms in total. The summed E-state index contributed by atoms with van der Waals surface area (Å²) >= 11 is 3.60. The highest BCUT2D eigenvalue weighted by atomic mass is 79.9. The second-order valence-electron chi connectivity index (χ2n) is 5.23. The van der Waals surface area contributed by atoms with E-state index in [1.165, 1.54) is 5.56 Å². The van der Waals surface area contributed by atoms with Gasteiger partial charge in [-0.1, -0.05) is 19.9 Å². The molecule has 4 heteroatoms. The van der Waals surface area contributed by atoms with Gasteiger partial charge in [-0.05, 0) is 33.6 Å². The van der Waals surface area contributed by atoms with Gasteiger partial charge < -0.3 is 14.8 Å². The van der Waals surface area contributed by atoms with Crippen molar-refractivity contribution < 1.29 is 9.47 Å². The highest BCUT2D eigenvalue weighted by molar-refractivity contribution is 9.10. The van der Waals surface area contributed by atoms with Crippen LogP contribution in [0.25, 0.3) is 0 Å². The average Bonchev–Trinajstić information content (AvgIpc) is 2.40. The van der Waals surface area contributed by atoms with Gasteiger partial charge in [0, 0.05) is 25.4 Å². The third kappa shape index (κ3) is 4.79. The highest BCUT2D eigenvalue weighted by Gasteiger charge is 2.16. The molecule has 0 amide bonds. The first-order valence-corrected chi connectivity index (χ1v) is 7.70. The van der Waals surface area contributed by atoms with Crippen LogP contribution in [-0.4, -0.2) is 25.4 Å². The number of hydrogen-bond acceptors (Lipinski definition) is 3. The van der Waals surface area contributed by atoms with Gasteiger partial charge in [0.1, 0.15) is 11.9 Å². The molecule has 19 heavy (non-hydrogen) atoms. The smallest absolute Gasteiger partial charge is 0.133 e. The molecular weight excluding hydrogens is 306 g/mol. The van der Waals surface area contributed by atoms with E-state index in [4.69, 9.17) is 9.47 Å². The third-order valence-corrected chi connectivity index (χ3v) is 3.79. The lowest BCUT2D eigenvalue weighted by atomic mass is 10.1. The zero-order valence-corrected chi connectivity index (χ0v) is 13.2. The van der Waals surface area contributed by atoms with Gasteiger partial charge in [-0.2, -0.15) is 0 Å². The number of hydrogen-bond donors (Lipinski definition) is 1. The fourth-order valence-corrected chi connectivity index (χ4v) is 2.56. The lowest BCUT2D eigenvalue weighted by Crippen LogP contribution is -2.26. The Kier molecular flexibility index (Phi) is 5.67. The molecule has 1 aromatic carbocycles. The second-order valence-corrected chi connectivity index (χ2v) is 6.08. The van der Waals surface area contributed by atoms with Crippen LogP contribution in [0, 0.1) is 0 Å². The minimum Gasteiger partial charge on any atom is -0.489 e. The molecule has 1 aromatic rings. The Morgan fingerprint density at radius 3 is 2.74 bits per heavy atom. The maximum Gasteiger partial charge on any atom is 0.133 e. The minimum atomic E-state index is 0.282. The van der Waals surface area contributed by atoms with Crippen molar-refractivity contribution in [3.63, 3.8) is 0 Å². The standard InChI is InChI=1S/C15H22BrNO2/c1-11(2)17-10-12-3-4-15(14(16)9-12)19-13-5-7-18-8-6-13/h3-4,9,11,13,17H,5-8,10H2,1-2H3. The second kappa shape index (κ2) is 7.27. The first kappa shape index (κ1) is 14.8. The molecule has 2 rings (SSSR count). The van der Waals surface area contributed by atoms with Gasteiger partial charge >= 0.3 is 0 Å². The van der Waals surface area contributed by atoms with E-state index in [1.807, 2.05) is 0 Å². The lowest BCUT2D eigenvalue weighted by Gasteiger charge is -2.24. The Labute approximate surface area is 123 Å². The summed E-state index contributed by atoms with van der Waals surface area (Å²) in [5, 5.41) is 3.41. The molecule has 106 valence electrons. The Bertz CT molecular complexity index is 403. The van der Waals surface area contributed by atoms with Crippen LogP contribution in [0.3, 0.4) is 0 Å². The predicted octanol–water partition coefficient (Wildman–Crippen LogP) is 3.50. The SMILES string of the molecule is CC(C)NCc1ccc(OC2CCOCC2)c(Br)c1. The molecule has 1 fully saturated rings. The van der Waals surface area contributed by atoms with Crippen molar-refractivity contribution in [2.45, 2.75) is 45.4 Å². The summed E-state index contributed by atoms with van der Waals surface area (Å²) in [6, 6.07) is 6.80. The first-order chi connectivity index (χ1) is 9.15. The van der Waals surface area contributed by atoms with Crippen LogP contribution in [0.2, 0.25) is 0 Å². The highest BCUT2D eigenvalue weighted by Crippen LogP contribution is 2.28. The molecular formula is C15H22BrNO2. The van der Waals surface area contributed by atoms with Gasteiger partial charge in [0.15, 0.2) is 0 Å². The van der Waals surface area contributed by atoms with E-state index in [2.05, 4.69) is 53.3 Å². The molecule has 1 aliphatic heterocycles. The Hall–Kier alpha value is -0.580. The van der Waals surface area contributed by atoms with E-state index < -0.39 is 0 Å². The van der Waals surface area contributed by atoms with E-state index in [9.17, 15) is 0 Å². The summed E-state index contributed by atoms with van der Waals surface area (Å²) in [7, 11) is 0. The van der Waals surface area contributed by atoms with Gasteiger partial charge in [0.2, 0.25) is 0 Å². The maximum absolute atomic E-state index is 6.02. The summed E-state index contributed by atoms with van der Waals surface area (Å²) in [4.78, 5) is 0. The summed E-state index contributed by atoms with van der Waals surface area (Å²) in [5.74, 6) is 0.931. The Balaban J connectivity index is 1.94. The quantitative estimate of drug-likeness (QED) is 0.897. The van der Waals surface area contributed by atoms with Crippen molar-refractivity contribution in [2.75, 3.05) is 13.2 Å². The molecule has 0 aliphatic carbocycles. The molecule has 0 atom stereocenters. The molecule has 1 aliphatic rings. The Morgan fingerprint density at radius 1 is 1.37 bits per heavy atom. The van der Waals surface area contributed by atoms with E-state index in [1.54, 1.807) is 0 Å². The molecule has 0 aromatic heterocycles. The fraction of sp³-hybridized carbons (Fsp3) is 0.600.